The van der Waals surface area contributed by atoms with Gasteiger partial charge >= 0.3 is 0 Å². The minimum absolute atomic E-state index is 0.0317. The van der Waals surface area contributed by atoms with E-state index in [1.165, 1.54) is 18.4 Å². The summed E-state index contributed by atoms with van der Waals surface area (Å²) in [5.74, 6) is 0.907. The molecule has 1 aliphatic heterocycles. The van der Waals surface area contributed by atoms with Crippen LogP contribution in [0.1, 0.15) is 79.2 Å². The van der Waals surface area contributed by atoms with Crippen LogP contribution in [0.2, 0.25) is 0 Å². The number of fused-ring (bicyclic) bond motifs is 1. The molecule has 5 heteroatoms. The van der Waals surface area contributed by atoms with Crippen LogP contribution in [-0.2, 0) is 0 Å². The van der Waals surface area contributed by atoms with Gasteiger partial charge in [-0.3, -0.25) is 9.89 Å². The summed E-state index contributed by atoms with van der Waals surface area (Å²) in [5, 5.41) is 7.60. The average molecular weight is 432 g/mol. The molecule has 32 heavy (non-hydrogen) atoms. The SMILES string of the molecule is CCCCCOc1ccc(C2c3c(-c4ccc(C)cc4)n[nH]c3C(=O)N2CCCC)cc1. The molecule has 2 heterocycles. The van der Waals surface area contributed by atoms with Crippen molar-refractivity contribution in [2.45, 2.75) is 58.9 Å². The number of aromatic amines is 1. The zero-order valence-electron chi connectivity index (χ0n) is 19.4. The molecule has 1 amide bonds. The number of aromatic nitrogens is 2. The van der Waals surface area contributed by atoms with Crippen molar-refractivity contribution in [2.75, 3.05) is 13.2 Å². The largest absolute Gasteiger partial charge is 0.494 e. The van der Waals surface area contributed by atoms with Gasteiger partial charge in [-0.2, -0.15) is 5.10 Å². The smallest absolute Gasteiger partial charge is 0.273 e. The minimum Gasteiger partial charge on any atom is -0.494 e. The van der Waals surface area contributed by atoms with E-state index in [0.717, 1.165) is 60.5 Å². The Balaban J connectivity index is 1.67. The van der Waals surface area contributed by atoms with Gasteiger partial charge in [0.25, 0.3) is 5.91 Å². The lowest BCUT2D eigenvalue weighted by Gasteiger charge is -2.26. The molecule has 1 aromatic heterocycles. The molecule has 5 nitrogen and oxygen atoms in total. The Bertz CT molecular complexity index is 1040. The van der Waals surface area contributed by atoms with E-state index in [-0.39, 0.29) is 11.9 Å². The van der Waals surface area contributed by atoms with E-state index >= 15 is 0 Å². The van der Waals surface area contributed by atoms with Crippen molar-refractivity contribution in [1.82, 2.24) is 15.1 Å². The molecular weight excluding hydrogens is 398 g/mol. The van der Waals surface area contributed by atoms with Crippen LogP contribution in [0.3, 0.4) is 0 Å². The number of hydrogen-bond acceptors (Lipinski definition) is 3. The Kier molecular flexibility index (Phi) is 6.93. The number of carbonyl (C=O) groups excluding carboxylic acids is 1. The second-order valence-corrected chi connectivity index (χ2v) is 8.61. The molecule has 2 aromatic carbocycles. The fourth-order valence-corrected chi connectivity index (χ4v) is 4.32. The van der Waals surface area contributed by atoms with Gasteiger partial charge in [-0.05, 0) is 37.5 Å². The van der Waals surface area contributed by atoms with Crippen LogP contribution in [-0.4, -0.2) is 34.2 Å². The average Bonchev–Trinajstić information content (AvgIpc) is 3.35. The molecule has 0 fully saturated rings. The second kappa shape index (κ2) is 10.0. The highest BCUT2D eigenvalue weighted by Gasteiger charge is 2.41. The van der Waals surface area contributed by atoms with E-state index in [1.807, 2.05) is 17.0 Å². The predicted octanol–water partition coefficient (Wildman–Crippen LogP) is 6.30. The monoisotopic (exact) mass is 431 g/mol. The summed E-state index contributed by atoms with van der Waals surface area (Å²) in [6.07, 6.45) is 5.44. The normalized spacial score (nSPS) is 15.3. The molecule has 0 saturated carbocycles. The molecule has 1 unspecified atom stereocenters. The number of H-pyrrole nitrogens is 1. The Morgan fingerprint density at radius 1 is 0.969 bits per heavy atom. The molecule has 3 aromatic rings. The zero-order valence-corrected chi connectivity index (χ0v) is 19.4. The topological polar surface area (TPSA) is 58.2 Å². The number of amides is 1. The van der Waals surface area contributed by atoms with Crippen LogP contribution in [0.5, 0.6) is 5.75 Å². The molecule has 0 aliphatic carbocycles. The van der Waals surface area contributed by atoms with Gasteiger partial charge in [0.1, 0.15) is 11.4 Å². The number of rotatable bonds is 10. The predicted molar refractivity (Wildman–Crippen MR) is 128 cm³/mol. The Hall–Kier alpha value is -3.08. The van der Waals surface area contributed by atoms with Gasteiger partial charge in [-0.15, -0.1) is 0 Å². The van der Waals surface area contributed by atoms with E-state index in [4.69, 9.17) is 4.74 Å². The number of unbranched alkanes of at least 4 members (excludes halogenated alkanes) is 3. The van der Waals surface area contributed by atoms with Crippen molar-refractivity contribution in [3.05, 3.63) is 70.9 Å². The summed E-state index contributed by atoms with van der Waals surface area (Å²) in [7, 11) is 0. The van der Waals surface area contributed by atoms with Crippen molar-refractivity contribution in [3.8, 4) is 17.0 Å². The maximum atomic E-state index is 13.3. The molecule has 0 saturated heterocycles. The van der Waals surface area contributed by atoms with Crippen molar-refractivity contribution in [2.24, 2.45) is 0 Å². The molecule has 1 aliphatic rings. The highest BCUT2D eigenvalue weighted by molar-refractivity contribution is 6.00. The third kappa shape index (κ3) is 4.43. The summed E-state index contributed by atoms with van der Waals surface area (Å²) >= 11 is 0. The Morgan fingerprint density at radius 3 is 2.38 bits per heavy atom. The van der Waals surface area contributed by atoms with Gasteiger partial charge in [-0.1, -0.05) is 75.1 Å². The van der Waals surface area contributed by atoms with Crippen molar-refractivity contribution in [3.63, 3.8) is 0 Å². The number of benzene rings is 2. The van der Waals surface area contributed by atoms with Gasteiger partial charge in [-0.25, -0.2) is 0 Å². The molecule has 4 rings (SSSR count). The number of hydrogen-bond donors (Lipinski definition) is 1. The second-order valence-electron chi connectivity index (χ2n) is 8.61. The molecule has 0 bridgehead atoms. The maximum Gasteiger partial charge on any atom is 0.273 e. The summed E-state index contributed by atoms with van der Waals surface area (Å²) < 4.78 is 5.90. The van der Waals surface area contributed by atoms with E-state index in [2.05, 4.69) is 67.4 Å². The third-order valence-corrected chi connectivity index (χ3v) is 6.15. The summed E-state index contributed by atoms with van der Waals surface area (Å²) in [5.41, 5.74) is 5.76. The Morgan fingerprint density at radius 2 is 1.69 bits per heavy atom. The lowest BCUT2D eigenvalue weighted by Crippen LogP contribution is -2.30. The van der Waals surface area contributed by atoms with Crippen LogP contribution in [0.4, 0.5) is 0 Å². The first kappa shape index (κ1) is 22.1. The van der Waals surface area contributed by atoms with Crippen LogP contribution < -0.4 is 4.74 Å². The number of carbonyl (C=O) groups is 1. The number of ether oxygens (including phenoxy) is 1. The highest BCUT2D eigenvalue weighted by Crippen LogP contribution is 2.43. The maximum absolute atomic E-state index is 13.3. The van der Waals surface area contributed by atoms with Crippen LogP contribution in [0, 0.1) is 6.92 Å². The van der Waals surface area contributed by atoms with Crippen LogP contribution in [0.15, 0.2) is 48.5 Å². The third-order valence-electron chi connectivity index (χ3n) is 6.15. The molecule has 1 N–H and O–H groups in total. The summed E-state index contributed by atoms with van der Waals surface area (Å²) in [6, 6.07) is 16.4. The lowest BCUT2D eigenvalue weighted by atomic mass is 9.95. The molecule has 168 valence electrons. The quantitative estimate of drug-likeness (QED) is 0.383. The first-order valence-corrected chi connectivity index (χ1v) is 11.8. The first-order chi connectivity index (χ1) is 15.6. The Labute approximate surface area is 190 Å². The van der Waals surface area contributed by atoms with Gasteiger partial charge in [0.2, 0.25) is 0 Å². The van der Waals surface area contributed by atoms with E-state index in [1.54, 1.807) is 0 Å². The van der Waals surface area contributed by atoms with Crippen molar-refractivity contribution in [1.29, 1.82) is 0 Å². The fourth-order valence-electron chi connectivity index (χ4n) is 4.32. The van der Waals surface area contributed by atoms with Crippen LogP contribution >= 0.6 is 0 Å². The first-order valence-electron chi connectivity index (χ1n) is 11.8. The molecule has 1 atom stereocenters. The molecule has 0 radical (unpaired) electrons. The van der Waals surface area contributed by atoms with E-state index in [0.29, 0.717) is 5.69 Å². The standard InChI is InChI=1S/C27H33N3O2/c1-4-6-8-18-32-22-15-13-21(14-16-22)26-23-24(20-11-9-19(3)10-12-20)28-29-25(23)27(31)30(26)17-7-5-2/h9-16,26H,4-8,17-18H2,1-3H3,(H,28,29). The minimum atomic E-state index is -0.145. The van der Waals surface area contributed by atoms with Gasteiger partial charge < -0.3 is 9.64 Å². The number of aryl methyl sites for hydroxylation is 1. The van der Waals surface area contributed by atoms with Crippen molar-refractivity contribution < 1.29 is 9.53 Å². The van der Waals surface area contributed by atoms with E-state index < -0.39 is 0 Å². The lowest BCUT2D eigenvalue weighted by molar-refractivity contribution is 0.0741. The van der Waals surface area contributed by atoms with E-state index in [9.17, 15) is 4.79 Å². The molecular formula is C27H33N3O2. The number of nitrogens with zero attached hydrogens (tertiary/aromatic N) is 2. The number of nitrogens with one attached hydrogen (secondary N) is 1. The summed E-state index contributed by atoms with van der Waals surface area (Å²) in [6.45, 7) is 7.88. The highest BCUT2D eigenvalue weighted by atomic mass is 16.5. The van der Waals surface area contributed by atoms with Crippen molar-refractivity contribution >= 4 is 5.91 Å². The summed E-state index contributed by atoms with van der Waals surface area (Å²) in [4.78, 5) is 15.3. The van der Waals surface area contributed by atoms with Gasteiger partial charge in [0.05, 0.1) is 18.3 Å². The zero-order chi connectivity index (χ0) is 22.5. The fraction of sp³-hybridized carbons (Fsp3) is 0.407. The molecule has 0 spiro atoms. The van der Waals surface area contributed by atoms with Gasteiger partial charge in [0.15, 0.2) is 0 Å². The van der Waals surface area contributed by atoms with Crippen LogP contribution in [0.25, 0.3) is 11.3 Å². The van der Waals surface area contributed by atoms with Gasteiger partial charge in [0, 0.05) is 17.7 Å².